The van der Waals surface area contributed by atoms with Gasteiger partial charge >= 0.3 is 0 Å². The average molecular weight is 434 g/mol. The first-order chi connectivity index (χ1) is 12.9. The predicted octanol–water partition coefficient (Wildman–Crippen LogP) is 6.30. The smallest absolute Gasteiger partial charge is 0.255 e. The minimum Gasteiger partial charge on any atom is -0.492 e. The Balaban J connectivity index is 1.96. The van der Waals surface area contributed by atoms with Crippen molar-refractivity contribution in [2.75, 3.05) is 11.9 Å². The van der Waals surface area contributed by atoms with E-state index < -0.39 is 0 Å². The number of ether oxygens (including phenoxy) is 2. The zero-order valence-corrected chi connectivity index (χ0v) is 18.0. The van der Waals surface area contributed by atoms with Gasteiger partial charge in [-0.05, 0) is 84.1 Å². The Morgan fingerprint density at radius 3 is 2.41 bits per heavy atom. The number of halogens is 1. The van der Waals surface area contributed by atoms with Crippen LogP contribution in [0.4, 0.5) is 5.69 Å². The van der Waals surface area contributed by atoms with Crippen molar-refractivity contribution < 1.29 is 14.3 Å². The molecule has 146 valence electrons. The van der Waals surface area contributed by atoms with Crippen molar-refractivity contribution in [2.24, 2.45) is 5.92 Å². The summed E-state index contributed by atoms with van der Waals surface area (Å²) in [4.78, 5) is 12.5. The van der Waals surface area contributed by atoms with Crippen LogP contribution in [0.1, 0.15) is 50.9 Å². The van der Waals surface area contributed by atoms with E-state index >= 15 is 0 Å². The molecule has 0 radical (unpaired) electrons. The molecule has 2 aromatic rings. The molecule has 0 aliphatic carbocycles. The SMILES string of the molecule is CCC(C)Oc1ccc(NC(=O)c2ccc(OCCC(C)C)c(Br)c2)cc1. The van der Waals surface area contributed by atoms with Gasteiger partial charge in [0.05, 0.1) is 17.2 Å². The molecule has 1 unspecified atom stereocenters. The normalized spacial score (nSPS) is 11.9. The van der Waals surface area contributed by atoms with Crippen LogP contribution in [0.2, 0.25) is 0 Å². The predicted molar refractivity (Wildman–Crippen MR) is 114 cm³/mol. The van der Waals surface area contributed by atoms with Crippen LogP contribution in [0, 0.1) is 5.92 Å². The van der Waals surface area contributed by atoms with Crippen LogP contribution in [0.5, 0.6) is 11.5 Å². The lowest BCUT2D eigenvalue weighted by atomic mass is 10.1. The van der Waals surface area contributed by atoms with E-state index in [1.54, 1.807) is 12.1 Å². The number of anilines is 1. The first-order valence-electron chi connectivity index (χ1n) is 9.39. The monoisotopic (exact) mass is 433 g/mol. The van der Waals surface area contributed by atoms with E-state index in [4.69, 9.17) is 9.47 Å². The Morgan fingerprint density at radius 1 is 1.11 bits per heavy atom. The van der Waals surface area contributed by atoms with Gasteiger partial charge in [0.2, 0.25) is 0 Å². The number of amides is 1. The highest BCUT2D eigenvalue weighted by Crippen LogP contribution is 2.27. The summed E-state index contributed by atoms with van der Waals surface area (Å²) in [6.45, 7) is 9.10. The number of carbonyl (C=O) groups excluding carboxylic acids is 1. The summed E-state index contributed by atoms with van der Waals surface area (Å²) in [5, 5.41) is 2.90. The molecule has 0 heterocycles. The van der Waals surface area contributed by atoms with Crippen molar-refractivity contribution in [3.8, 4) is 11.5 Å². The average Bonchev–Trinajstić information content (AvgIpc) is 2.64. The summed E-state index contributed by atoms with van der Waals surface area (Å²) >= 11 is 3.49. The van der Waals surface area contributed by atoms with E-state index in [0.717, 1.165) is 34.5 Å². The molecule has 4 nitrogen and oxygen atoms in total. The Morgan fingerprint density at radius 2 is 1.81 bits per heavy atom. The first-order valence-corrected chi connectivity index (χ1v) is 10.2. The van der Waals surface area contributed by atoms with Crippen molar-refractivity contribution in [3.63, 3.8) is 0 Å². The van der Waals surface area contributed by atoms with Gasteiger partial charge in [-0.25, -0.2) is 0 Å². The molecular formula is C22H28BrNO3. The molecular weight excluding hydrogens is 406 g/mol. The Kier molecular flexibility index (Phi) is 8.17. The van der Waals surface area contributed by atoms with Crippen molar-refractivity contribution in [1.82, 2.24) is 0 Å². The fraction of sp³-hybridized carbons (Fsp3) is 0.409. The van der Waals surface area contributed by atoms with Gasteiger partial charge in [0.1, 0.15) is 11.5 Å². The second-order valence-electron chi connectivity index (χ2n) is 6.99. The van der Waals surface area contributed by atoms with Gasteiger partial charge in [0.15, 0.2) is 0 Å². The lowest BCUT2D eigenvalue weighted by molar-refractivity contribution is 0.102. The summed E-state index contributed by atoms with van der Waals surface area (Å²) in [6.07, 6.45) is 2.11. The largest absolute Gasteiger partial charge is 0.492 e. The molecule has 0 fully saturated rings. The maximum absolute atomic E-state index is 12.5. The fourth-order valence-electron chi connectivity index (χ4n) is 2.30. The maximum atomic E-state index is 12.5. The van der Waals surface area contributed by atoms with Gasteiger partial charge in [0, 0.05) is 11.3 Å². The zero-order chi connectivity index (χ0) is 19.8. The number of nitrogens with one attached hydrogen (secondary N) is 1. The van der Waals surface area contributed by atoms with Gasteiger partial charge in [0.25, 0.3) is 5.91 Å². The van der Waals surface area contributed by atoms with Gasteiger partial charge in [-0.15, -0.1) is 0 Å². The van der Waals surface area contributed by atoms with E-state index in [9.17, 15) is 4.79 Å². The molecule has 0 bridgehead atoms. The van der Waals surface area contributed by atoms with E-state index in [1.165, 1.54) is 0 Å². The molecule has 1 N–H and O–H groups in total. The summed E-state index contributed by atoms with van der Waals surface area (Å²) in [5.41, 5.74) is 1.29. The molecule has 27 heavy (non-hydrogen) atoms. The van der Waals surface area contributed by atoms with Gasteiger partial charge in [-0.2, -0.15) is 0 Å². The van der Waals surface area contributed by atoms with Crippen LogP contribution < -0.4 is 14.8 Å². The molecule has 0 aliphatic rings. The van der Waals surface area contributed by atoms with Crippen LogP contribution in [0.3, 0.4) is 0 Å². The maximum Gasteiger partial charge on any atom is 0.255 e. The molecule has 2 aromatic carbocycles. The molecule has 2 rings (SSSR count). The highest BCUT2D eigenvalue weighted by molar-refractivity contribution is 9.10. The second-order valence-corrected chi connectivity index (χ2v) is 7.85. The van der Waals surface area contributed by atoms with Crippen LogP contribution in [-0.2, 0) is 0 Å². The Labute approximate surface area is 170 Å². The number of hydrogen-bond donors (Lipinski definition) is 1. The molecule has 5 heteroatoms. The Bertz CT molecular complexity index is 744. The highest BCUT2D eigenvalue weighted by atomic mass is 79.9. The van der Waals surface area contributed by atoms with Crippen molar-refractivity contribution in [1.29, 1.82) is 0 Å². The van der Waals surface area contributed by atoms with Crippen molar-refractivity contribution >= 4 is 27.5 Å². The van der Waals surface area contributed by atoms with Gasteiger partial charge in [-0.3, -0.25) is 4.79 Å². The lowest BCUT2D eigenvalue weighted by Crippen LogP contribution is -2.12. The topological polar surface area (TPSA) is 47.6 Å². The molecule has 0 saturated heterocycles. The molecule has 1 atom stereocenters. The third kappa shape index (κ3) is 6.90. The summed E-state index contributed by atoms with van der Waals surface area (Å²) < 4.78 is 12.3. The second kappa shape index (κ2) is 10.4. The highest BCUT2D eigenvalue weighted by Gasteiger charge is 2.10. The molecule has 0 spiro atoms. The van der Waals surface area contributed by atoms with E-state index in [1.807, 2.05) is 37.3 Å². The van der Waals surface area contributed by atoms with E-state index in [2.05, 4.69) is 42.0 Å². The number of benzene rings is 2. The molecule has 0 saturated carbocycles. The zero-order valence-electron chi connectivity index (χ0n) is 16.4. The molecule has 1 amide bonds. The standard InChI is InChI=1S/C22H28BrNO3/c1-5-16(4)27-19-9-7-18(8-10-19)24-22(25)17-6-11-21(20(23)14-17)26-13-12-15(2)3/h6-11,14-16H,5,12-13H2,1-4H3,(H,24,25). The van der Waals surface area contributed by atoms with Crippen LogP contribution in [0.15, 0.2) is 46.9 Å². The summed E-state index contributed by atoms with van der Waals surface area (Å²) in [6, 6.07) is 12.8. The lowest BCUT2D eigenvalue weighted by Gasteiger charge is -2.13. The van der Waals surface area contributed by atoms with E-state index in [0.29, 0.717) is 18.1 Å². The van der Waals surface area contributed by atoms with Crippen LogP contribution >= 0.6 is 15.9 Å². The third-order valence-electron chi connectivity index (χ3n) is 4.17. The quantitative estimate of drug-likeness (QED) is 0.504. The van der Waals surface area contributed by atoms with Crippen LogP contribution in [0.25, 0.3) is 0 Å². The summed E-state index contributed by atoms with van der Waals surface area (Å²) in [5.74, 6) is 1.97. The number of carbonyl (C=O) groups is 1. The van der Waals surface area contributed by atoms with Crippen LogP contribution in [-0.4, -0.2) is 18.6 Å². The number of hydrogen-bond acceptors (Lipinski definition) is 3. The summed E-state index contributed by atoms with van der Waals surface area (Å²) in [7, 11) is 0. The Hall–Kier alpha value is -2.01. The van der Waals surface area contributed by atoms with Gasteiger partial charge < -0.3 is 14.8 Å². The minimum atomic E-state index is -0.167. The van der Waals surface area contributed by atoms with E-state index in [-0.39, 0.29) is 12.0 Å². The molecule has 0 aromatic heterocycles. The minimum absolute atomic E-state index is 0.167. The fourth-order valence-corrected chi connectivity index (χ4v) is 2.79. The third-order valence-corrected chi connectivity index (χ3v) is 4.79. The van der Waals surface area contributed by atoms with Crippen molar-refractivity contribution in [2.45, 2.75) is 46.6 Å². The van der Waals surface area contributed by atoms with Crippen molar-refractivity contribution in [3.05, 3.63) is 52.5 Å². The molecule has 0 aliphatic heterocycles. The van der Waals surface area contributed by atoms with Gasteiger partial charge in [-0.1, -0.05) is 20.8 Å². The first kappa shape index (κ1) is 21.3. The number of rotatable bonds is 9.